The molecule has 0 amide bonds. The van der Waals surface area contributed by atoms with Crippen LogP contribution in [-0.4, -0.2) is 19.6 Å². The Morgan fingerprint density at radius 3 is 2.80 bits per heavy atom. The summed E-state index contributed by atoms with van der Waals surface area (Å²) in [5, 5.41) is 3.39. The Morgan fingerprint density at radius 1 is 1.40 bits per heavy atom. The molecule has 0 spiro atoms. The zero-order valence-electron chi connectivity index (χ0n) is 6.77. The van der Waals surface area contributed by atoms with Crippen LogP contribution in [0, 0.1) is 11.8 Å². The Morgan fingerprint density at radius 2 is 2.10 bits per heavy atom. The van der Waals surface area contributed by atoms with Gasteiger partial charge in [-0.25, -0.2) is 0 Å². The SMILES string of the molecule is CC1CCNCCC1CN. The minimum Gasteiger partial charge on any atom is -0.330 e. The minimum absolute atomic E-state index is 0.759. The summed E-state index contributed by atoms with van der Waals surface area (Å²) in [6.45, 7) is 5.51. The van der Waals surface area contributed by atoms with Crippen LogP contribution in [0.1, 0.15) is 19.8 Å². The number of nitrogens with two attached hydrogens (primary N) is 1. The molecule has 1 rings (SSSR count). The van der Waals surface area contributed by atoms with E-state index in [4.69, 9.17) is 5.73 Å². The van der Waals surface area contributed by atoms with E-state index < -0.39 is 0 Å². The summed E-state index contributed by atoms with van der Waals surface area (Å²) in [4.78, 5) is 0. The van der Waals surface area contributed by atoms with Crippen LogP contribution < -0.4 is 11.1 Å². The predicted molar refractivity (Wildman–Crippen MR) is 43.8 cm³/mol. The molecule has 0 bridgehead atoms. The highest BCUT2D eigenvalue weighted by molar-refractivity contribution is 4.72. The monoisotopic (exact) mass is 142 g/mol. The fourth-order valence-corrected chi connectivity index (χ4v) is 1.61. The van der Waals surface area contributed by atoms with E-state index in [0.717, 1.165) is 24.9 Å². The van der Waals surface area contributed by atoms with Gasteiger partial charge in [-0.05, 0) is 44.3 Å². The highest BCUT2D eigenvalue weighted by Gasteiger charge is 2.17. The van der Waals surface area contributed by atoms with Crippen molar-refractivity contribution in [2.24, 2.45) is 17.6 Å². The average molecular weight is 142 g/mol. The van der Waals surface area contributed by atoms with Crippen LogP contribution in [0.15, 0.2) is 0 Å². The Labute approximate surface area is 63.2 Å². The molecule has 1 aliphatic rings. The molecule has 0 saturated carbocycles. The van der Waals surface area contributed by atoms with E-state index in [1.54, 1.807) is 0 Å². The lowest BCUT2D eigenvalue weighted by Crippen LogP contribution is -2.21. The van der Waals surface area contributed by atoms with E-state index in [1.807, 2.05) is 0 Å². The molecule has 1 saturated heterocycles. The summed E-state index contributed by atoms with van der Waals surface area (Å²) >= 11 is 0. The van der Waals surface area contributed by atoms with Crippen LogP contribution in [0.5, 0.6) is 0 Å². The molecule has 2 unspecified atom stereocenters. The molecule has 0 aromatic carbocycles. The van der Waals surface area contributed by atoms with E-state index >= 15 is 0 Å². The number of hydrogen-bond donors (Lipinski definition) is 2. The van der Waals surface area contributed by atoms with Crippen molar-refractivity contribution in [1.29, 1.82) is 0 Å². The van der Waals surface area contributed by atoms with E-state index in [1.165, 1.54) is 19.4 Å². The van der Waals surface area contributed by atoms with Crippen molar-refractivity contribution < 1.29 is 0 Å². The van der Waals surface area contributed by atoms with Gasteiger partial charge in [-0.3, -0.25) is 0 Å². The second kappa shape index (κ2) is 3.94. The molecule has 1 heterocycles. The molecule has 1 fully saturated rings. The molecule has 2 heteroatoms. The fraction of sp³-hybridized carbons (Fsp3) is 1.00. The van der Waals surface area contributed by atoms with Crippen LogP contribution in [0.25, 0.3) is 0 Å². The highest BCUT2D eigenvalue weighted by atomic mass is 14.9. The quantitative estimate of drug-likeness (QED) is 0.562. The van der Waals surface area contributed by atoms with Gasteiger partial charge in [-0.2, -0.15) is 0 Å². The van der Waals surface area contributed by atoms with E-state index in [0.29, 0.717) is 0 Å². The van der Waals surface area contributed by atoms with Gasteiger partial charge in [0.05, 0.1) is 0 Å². The Balaban J connectivity index is 2.35. The van der Waals surface area contributed by atoms with Crippen molar-refractivity contribution in [3.8, 4) is 0 Å². The molecule has 0 aliphatic carbocycles. The first-order valence-electron chi connectivity index (χ1n) is 4.25. The maximum absolute atomic E-state index is 5.64. The van der Waals surface area contributed by atoms with Crippen molar-refractivity contribution in [2.75, 3.05) is 19.6 Å². The van der Waals surface area contributed by atoms with E-state index in [-0.39, 0.29) is 0 Å². The van der Waals surface area contributed by atoms with Crippen molar-refractivity contribution >= 4 is 0 Å². The first-order valence-corrected chi connectivity index (χ1v) is 4.25. The molecule has 0 aromatic heterocycles. The highest BCUT2D eigenvalue weighted by Crippen LogP contribution is 2.18. The lowest BCUT2D eigenvalue weighted by molar-refractivity contribution is 0.356. The summed E-state index contributed by atoms with van der Waals surface area (Å²) in [7, 11) is 0. The van der Waals surface area contributed by atoms with Gasteiger partial charge in [-0.15, -0.1) is 0 Å². The van der Waals surface area contributed by atoms with Gasteiger partial charge >= 0.3 is 0 Å². The second-order valence-electron chi connectivity index (χ2n) is 3.30. The molecule has 2 nitrogen and oxygen atoms in total. The summed E-state index contributed by atoms with van der Waals surface area (Å²) in [5.41, 5.74) is 5.64. The van der Waals surface area contributed by atoms with Gasteiger partial charge < -0.3 is 11.1 Å². The molecule has 2 atom stereocenters. The van der Waals surface area contributed by atoms with E-state index in [2.05, 4.69) is 12.2 Å². The number of rotatable bonds is 1. The van der Waals surface area contributed by atoms with Crippen molar-refractivity contribution in [1.82, 2.24) is 5.32 Å². The fourth-order valence-electron chi connectivity index (χ4n) is 1.61. The van der Waals surface area contributed by atoms with E-state index in [9.17, 15) is 0 Å². The third-order valence-corrected chi connectivity index (χ3v) is 2.58. The summed E-state index contributed by atoms with van der Waals surface area (Å²) in [5.74, 6) is 1.58. The van der Waals surface area contributed by atoms with Crippen LogP contribution >= 0.6 is 0 Å². The molecule has 3 N–H and O–H groups in total. The van der Waals surface area contributed by atoms with Crippen molar-refractivity contribution in [3.05, 3.63) is 0 Å². The lowest BCUT2D eigenvalue weighted by Gasteiger charge is -2.17. The Hall–Kier alpha value is -0.0800. The zero-order chi connectivity index (χ0) is 7.40. The number of nitrogens with one attached hydrogen (secondary N) is 1. The second-order valence-corrected chi connectivity index (χ2v) is 3.30. The van der Waals surface area contributed by atoms with Gasteiger partial charge in [0.2, 0.25) is 0 Å². The molecule has 0 aromatic rings. The Bertz CT molecular complexity index is 93.3. The van der Waals surface area contributed by atoms with Crippen LogP contribution in [-0.2, 0) is 0 Å². The van der Waals surface area contributed by atoms with Crippen molar-refractivity contribution in [2.45, 2.75) is 19.8 Å². The smallest absolute Gasteiger partial charge is 0.00457 e. The molecular weight excluding hydrogens is 124 g/mol. The zero-order valence-corrected chi connectivity index (χ0v) is 6.77. The average Bonchev–Trinajstić information content (AvgIpc) is 2.13. The molecule has 1 aliphatic heterocycles. The standard InChI is InChI=1S/C8H18N2/c1-7-2-4-10-5-3-8(7)6-9/h7-8,10H,2-6,9H2,1H3. The normalized spacial score (nSPS) is 35.4. The molecule has 10 heavy (non-hydrogen) atoms. The maximum atomic E-state index is 5.64. The summed E-state index contributed by atoms with van der Waals surface area (Å²) in [6, 6.07) is 0. The number of hydrogen-bond acceptors (Lipinski definition) is 2. The maximum Gasteiger partial charge on any atom is -0.00457 e. The van der Waals surface area contributed by atoms with Gasteiger partial charge in [0.15, 0.2) is 0 Å². The molecule has 60 valence electrons. The van der Waals surface area contributed by atoms with Gasteiger partial charge in [0.25, 0.3) is 0 Å². The largest absolute Gasteiger partial charge is 0.330 e. The third kappa shape index (κ3) is 1.96. The predicted octanol–water partition coefficient (Wildman–Crippen LogP) is 0.581. The van der Waals surface area contributed by atoms with Crippen LogP contribution in [0.2, 0.25) is 0 Å². The molecule has 0 radical (unpaired) electrons. The van der Waals surface area contributed by atoms with Crippen molar-refractivity contribution in [3.63, 3.8) is 0 Å². The molecular formula is C8H18N2. The third-order valence-electron chi connectivity index (χ3n) is 2.58. The van der Waals surface area contributed by atoms with Gasteiger partial charge in [0, 0.05) is 0 Å². The van der Waals surface area contributed by atoms with Gasteiger partial charge in [0.1, 0.15) is 0 Å². The minimum atomic E-state index is 0.759. The van der Waals surface area contributed by atoms with Crippen LogP contribution in [0.3, 0.4) is 0 Å². The first-order chi connectivity index (χ1) is 4.84. The van der Waals surface area contributed by atoms with Crippen LogP contribution in [0.4, 0.5) is 0 Å². The first kappa shape index (κ1) is 8.02. The van der Waals surface area contributed by atoms with Gasteiger partial charge in [-0.1, -0.05) is 6.92 Å². The topological polar surface area (TPSA) is 38.0 Å². The Kier molecular flexibility index (Phi) is 3.16. The summed E-state index contributed by atoms with van der Waals surface area (Å²) in [6.07, 6.45) is 2.56. The lowest BCUT2D eigenvalue weighted by atomic mass is 9.90. The summed E-state index contributed by atoms with van der Waals surface area (Å²) < 4.78 is 0.